The van der Waals surface area contributed by atoms with Crippen LogP contribution in [0.1, 0.15) is 27.4 Å². The van der Waals surface area contributed by atoms with Gasteiger partial charge in [0.2, 0.25) is 0 Å². The first kappa shape index (κ1) is 24.4. The second-order valence-corrected chi connectivity index (χ2v) is 9.57. The Morgan fingerprint density at radius 2 is 1.68 bits per heavy atom. The summed E-state index contributed by atoms with van der Waals surface area (Å²) in [5, 5.41) is 9.68. The van der Waals surface area contributed by atoms with Crippen LogP contribution < -0.4 is 16.0 Å². The van der Waals surface area contributed by atoms with Crippen molar-refractivity contribution in [2.75, 3.05) is 10.6 Å². The molecule has 37 heavy (non-hydrogen) atoms. The molecule has 186 valence electrons. The second-order valence-electron chi connectivity index (χ2n) is 8.66. The Labute approximate surface area is 222 Å². The lowest BCUT2D eigenvalue weighted by atomic mass is 10.2. The monoisotopic (exact) mass is 556 g/mol. The molecule has 0 bridgehead atoms. The van der Waals surface area contributed by atoms with Gasteiger partial charge in [0.1, 0.15) is 11.5 Å². The lowest BCUT2D eigenvalue weighted by molar-refractivity contribution is 0.0949. The molecule has 7 nitrogen and oxygen atoms in total. The molecule has 3 aromatic carbocycles. The fourth-order valence-corrected chi connectivity index (χ4v) is 4.51. The van der Waals surface area contributed by atoms with Gasteiger partial charge in [-0.15, -0.1) is 0 Å². The van der Waals surface area contributed by atoms with Crippen LogP contribution in [0.5, 0.6) is 0 Å². The van der Waals surface area contributed by atoms with Gasteiger partial charge in [-0.25, -0.2) is 4.79 Å². The summed E-state index contributed by atoms with van der Waals surface area (Å²) >= 11 is 3.52. The number of aryl methyl sites for hydroxylation is 1. The molecule has 0 atom stereocenters. The molecule has 5 rings (SSSR count). The van der Waals surface area contributed by atoms with E-state index in [-0.39, 0.29) is 11.9 Å². The summed E-state index contributed by atoms with van der Waals surface area (Å²) in [5.74, 6) is 1.06. The number of aromatic nitrogens is 1. The maximum absolute atomic E-state index is 12.9. The third kappa shape index (κ3) is 5.92. The molecule has 0 spiro atoms. The Hall–Kier alpha value is -4.30. The standard InChI is InChI=1S/C29H25BrN4O3/c1-19-26(16-25(37-19)18-34-13-12-21-10-11-22(30)15-27(21)34)28(35)31-17-20-6-5-9-24(14-20)33-29(36)32-23-7-3-2-4-8-23/h2-16H,17-18H2,1H3,(H,31,35)(H2,32,33,36). The van der Waals surface area contributed by atoms with Gasteiger partial charge in [-0.3, -0.25) is 4.79 Å². The zero-order valence-corrected chi connectivity index (χ0v) is 21.7. The lowest BCUT2D eigenvalue weighted by Gasteiger charge is -2.10. The van der Waals surface area contributed by atoms with Crippen LogP contribution in [0, 0.1) is 6.92 Å². The molecule has 0 unspecified atom stereocenters. The van der Waals surface area contributed by atoms with E-state index in [9.17, 15) is 9.59 Å². The number of nitrogens with zero attached hydrogens (tertiary/aromatic N) is 1. The SMILES string of the molecule is Cc1oc(Cn2ccc3ccc(Br)cc32)cc1C(=O)NCc1cccc(NC(=O)Nc2ccccc2)c1. The highest BCUT2D eigenvalue weighted by molar-refractivity contribution is 9.10. The third-order valence-electron chi connectivity index (χ3n) is 5.95. The summed E-state index contributed by atoms with van der Waals surface area (Å²) in [7, 11) is 0. The van der Waals surface area contributed by atoms with Crippen molar-refractivity contribution < 1.29 is 14.0 Å². The Kier molecular flexibility index (Phi) is 7.09. The Morgan fingerprint density at radius 1 is 0.892 bits per heavy atom. The number of amides is 3. The van der Waals surface area contributed by atoms with E-state index in [1.165, 1.54) is 0 Å². The number of urea groups is 1. The van der Waals surface area contributed by atoms with Gasteiger partial charge in [0.25, 0.3) is 5.91 Å². The smallest absolute Gasteiger partial charge is 0.323 e. The number of carbonyl (C=O) groups excluding carboxylic acids is 2. The molecule has 3 amide bonds. The maximum Gasteiger partial charge on any atom is 0.323 e. The minimum Gasteiger partial charge on any atom is -0.464 e. The molecule has 0 aliphatic rings. The Balaban J connectivity index is 1.20. The average molecular weight is 557 g/mol. The first-order valence-electron chi connectivity index (χ1n) is 11.8. The van der Waals surface area contributed by atoms with E-state index in [2.05, 4.69) is 54.6 Å². The number of fused-ring (bicyclic) bond motifs is 1. The van der Waals surface area contributed by atoms with Gasteiger partial charge in [-0.2, -0.15) is 0 Å². The molecule has 0 aliphatic heterocycles. The van der Waals surface area contributed by atoms with Gasteiger partial charge >= 0.3 is 6.03 Å². The van der Waals surface area contributed by atoms with E-state index in [1.54, 1.807) is 19.1 Å². The Bertz CT molecular complexity index is 1570. The number of hydrogen-bond donors (Lipinski definition) is 3. The van der Waals surface area contributed by atoms with Gasteiger partial charge in [0, 0.05) is 34.1 Å². The van der Waals surface area contributed by atoms with Crippen LogP contribution in [0.15, 0.2) is 100 Å². The van der Waals surface area contributed by atoms with E-state index in [0.717, 1.165) is 20.9 Å². The number of hydrogen-bond acceptors (Lipinski definition) is 3. The first-order valence-corrected chi connectivity index (χ1v) is 12.6. The second kappa shape index (κ2) is 10.8. The van der Waals surface area contributed by atoms with E-state index >= 15 is 0 Å². The molecule has 2 aromatic heterocycles. The van der Waals surface area contributed by atoms with Crippen LogP contribution in [0.2, 0.25) is 0 Å². The van der Waals surface area contributed by atoms with Crippen molar-refractivity contribution in [1.82, 2.24) is 9.88 Å². The van der Waals surface area contributed by atoms with Crippen LogP contribution in [-0.2, 0) is 13.1 Å². The predicted molar refractivity (Wildman–Crippen MR) is 149 cm³/mol. The summed E-state index contributed by atoms with van der Waals surface area (Å²) in [6.45, 7) is 2.62. The van der Waals surface area contributed by atoms with Crippen LogP contribution in [0.4, 0.5) is 16.2 Å². The minimum absolute atomic E-state index is 0.215. The van der Waals surface area contributed by atoms with Gasteiger partial charge < -0.3 is 24.9 Å². The summed E-state index contributed by atoms with van der Waals surface area (Å²) in [6.07, 6.45) is 2.01. The average Bonchev–Trinajstić information content (AvgIpc) is 3.46. The van der Waals surface area contributed by atoms with E-state index in [1.807, 2.05) is 60.8 Å². The van der Waals surface area contributed by atoms with Crippen molar-refractivity contribution in [2.24, 2.45) is 0 Å². The molecule has 5 aromatic rings. The summed E-state index contributed by atoms with van der Waals surface area (Å²) in [6, 6.07) is 26.2. The lowest BCUT2D eigenvalue weighted by Crippen LogP contribution is -2.23. The van der Waals surface area contributed by atoms with Crippen molar-refractivity contribution in [3.63, 3.8) is 0 Å². The topological polar surface area (TPSA) is 88.3 Å². The summed E-state index contributed by atoms with van der Waals surface area (Å²) < 4.78 is 9.00. The van der Waals surface area contributed by atoms with Gasteiger partial charge in [-0.1, -0.05) is 52.3 Å². The molecular weight excluding hydrogens is 532 g/mol. The highest BCUT2D eigenvalue weighted by Crippen LogP contribution is 2.23. The van der Waals surface area contributed by atoms with Crippen molar-refractivity contribution in [3.05, 3.63) is 118 Å². The number of para-hydroxylation sites is 1. The summed E-state index contributed by atoms with van der Waals surface area (Å²) in [4.78, 5) is 25.2. The van der Waals surface area contributed by atoms with Crippen molar-refractivity contribution in [3.8, 4) is 0 Å². The van der Waals surface area contributed by atoms with E-state index in [0.29, 0.717) is 41.5 Å². The molecule has 3 N–H and O–H groups in total. The van der Waals surface area contributed by atoms with Crippen molar-refractivity contribution in [1.29, 1.82) is 0 Å². The van der Waals surface area contributed by atoms with Gasteiger partial charge in [0.05, 0.1) is 12.1 Å². The number of halogens is 1. The van der Waals surface area contributed by atoms with E-state index < -0.39 is 0 Å². The molecule has 8 heteroatoms. The highest BCUT2D eigenvalue weighted by atomic mass is 79.9. The molecule has 0 aliphatic carbocycles. The molecule has 2 heterocycles. The first-order chi connectivity index (χ1) is 17.9. The number of rotatable bonds is 7. The number of nitrogens with one attached hydrogen (secondary N) is 3. The quantitative estimate of drug-likeness (QED) is 0.203. The maximum atomic E-state index is 12.9. The fraction of sp³-hybridized carbons (Fsp3) is 0.103. The number of anilines is 2. The molecule has 0 saturated carbocycles. The molecule has 0 radical (unpaired) electrons. The van der Waals surface area contributed by atoms with Crippen molar-refractivity contribution in [2.45, 2.75) is 20.0 Å². The molecular formula is C29H25BrN4O3. The van der Waals surface area contributed by atoms with Crippen LogP contribution in [-0.4, -0.2) is 16.5 Å². The third-order valence-corrected chi connectivity index (χ3v) is 6.44. The number of carbonyl (C=O) groups is 2. The van der Waals surface area contributed by atoms with Gasteiger partial charge in [0.15, 0.2) is 0 Å². The minimum atomic E-state index is -0.336. The largest absolute Gasteiger partial charge is 0.464 e. The van der Waals surface area contributed by atoms with E-state index in [4.69, 9.17) is 4.42 Å². The molecule has 0 fully saturated rings. The Morgan fingerprint density at radius 3 is 2.51 bits per heavy atom. The van der Waals surface area contributed by atoms with Crippen LogP contribution in [0.3, 0.4) is 0 Å². The van der Waals surface area contributed by atoms with Crippen LogP contribution in [0.25, 0.3) is 10.9 Å². The summed E-state index contributed by atoms with van der Waals surface area (Å²) in [5.41, 5.74) is 3.78. The van der Waals surface area contributed by atoms with Crippen LogP contribution >= 0.6 is 15.9 Å². The fourth-order valence-electron chi connectivity index (χ4n) is 4.16. The zero-order chi connectivity index (χ0) is 25.8. The zero-order valence-electron chi connectivity index (χ0n) is 20.1. The normalized spacial score (nSPS) is 10.9. The number of furan rings is 1. The van der Waals surface area contributed by atoms with Crippen molar-refractivity contribution >= 4 is 50.1 Å². The predicted octanol–water partition coefficient (Wildman–Crippen LogP) is 6.93. The molecule has 0 saturated heterocycles. The highest BCUT2D eigenvalue weighted by Gasteiger charge is 2.16. The van der Waals surface area contributed by atoms with Gasteiger partial charge in [-0.05, 0) is 66.4 Å². The number of benzene rings is 3.